The molecule has 2 aliphatic heterocycles. The number of anilines is 5. The maximum absolute atomic E-state index is 12.0. The third kappa shape index (κ3) is 4.85. The van der Waals surface area contributed by atoms with E-state index in [1.165, 1.54) is 17.8 Å². The lowest BCUT2D eigenvalue weighted by Crippen LogP contribution is -2.61. The van der Waals surface area contributed by atoms with Crippen LogP contribution in [-0.2, 0) is 9.47 Å². The summed E-state index contributed by atoms with van der Waals surface area (Å²) < 4.78 is 11.7. The summed E-state index contributed by atoms with van der Waals surface area (Å²) in [6, 6.07) is 6.36. The molecule has 13 nitrogen and oxygen atoms in total. The summed E-state index contributed by atoms with van der Waals surface area (Å²) in [6.07, 6.45) is 2.96. The number of methoxy groups -OCH3 is 1. The average molecular weight is 539 g/mol. The maximum atomic E-state index is 12.0. The van der Waals surface area contributed by atoms with Gasteiger partial charge < -0.3 is 25.0 Å². The van der Waals surface area contributed by atoms with Gasteiger partial charge in [0, 0.05) is 44.0 Å². The summed E-state index contributed by atoms with van der Waals surface area (Å²) in [5, 5.41) is 23.7. The van der Waals surface area contributed by atoms with Crippen LogP contribution >= 0.6 is 11.6 Å². The number of carbonyl (C=O) groups excluding carboxylic acids is 1. The smallest absolute Gasteiger partial charge is 0.411 e. The van der Waals surface area contributed by atoms with Gasteiger partial charge in [0.25, 0.3) is 0 Å². The van der Waals surface area contributed by atoms with E-state index < -0.39 is 6.09 Å². The Morgan fingerprint density at radius 2 is 2.05 bits per heavy atom. The first kappa shape index (κ1) is 24.5. The molecule has 3 fully saturated rings. The van der Waals surface area contributed by atoms with Gasteiger partial charge in [0.05, 0.1) is 42.9 Å². The Morgan fingerprint density at radius 1 is 1.26 bits per heavy atom. The topological polar surface area (TPSA) is 145 Å². The van der Waals surface area contributed by atoms with Gasteiger partial charge in [-0.3, -0.25) is 10.2 Å². The summed E-state index contributed by atoms with van der Waals surface area (Å²) >= 11 is 6.91. The molecule has 1 aliphatic carbocycles. The lowest BCUT2D eigenvalue weighted by atomic mass is 10.0. The van der Waals surface area contributed by atoms with E-state index in [9.17, 15) is 10.1 Å². The maximum Gasteiger partial charge on any atom is 0.411 e. The van der Waals surface area contributed by atoms with Crippen molar-refractivity contribution in [3.8, 4) is 6.07 Å². The van der Waals surface area contributed by atoms with Crippen LogP contribution in [0.5, 0.6) is 0 Å². The zero-order valence-electron chi connectivity index (χ0n) is 20.8. The molecule has 3 N–H and O–H groups in total. The Balaban J connectivity index is 1.32. The normalized spacial score (nSPS) is 18.1. The summed E-state index contributed by atoms with van der Waals surface area (Å²) in [5.41, 5.74) is 2.53. The number of morpholine rings is 1. The molecule has 4 heterocycles. The molecule has 0 unspecified atom stereocenters. The highest BCUT2D eigenvalue weighted by atomic mass is 35.5. The highest BCUT2D eigenvalue weighted by molar-refractivity contribution is 6.36. The molecule has 0 radical (unpaired) electrons. The van der Waals surface area contributed by atoms with Crippen LogP contribution < -0.4 is 20.9 Å². The first-order valence-electron chi connectivity index (χ1n) is 12.5. The SMILES string of the molecule is COC(=O)Nc1cc(Nc2nc(NC3CC3)c3ncc(C#N)n3n2)c(Cl)c(N2CC(N3CCOCC3)C2)c1. The Hall–Kier alpha value is -3.86. The molecule has 14 heteroatoms. The quantitative estimate of drug-likeness (QED) is 0.408. The number of halogens is 1. The van der Waals surface area contributed by atoms with E-state index in [1.807, 2.05) is 6.07 Å². The van der Waals surface area contributed by atoms with Gasteiger partial charge in [-0.25, -0.2) is 9.78 Å². The predicted octanol–water partition coefficient (Wildman–Crippen LogP) is 2.67. The van der Waals surface area contributed by atoms with Crippen molar-refractivity contribution in [1.29, 1.82) is 5.26 Å². The molecular weight excluding hydrogens is 512 g/mol. The van der Waals surface area contributed by atoms with E-state index in [1.54, 1.807) is 6.07 Å². The second-order valence-corrected chi connectivity index (χ2v) is 9.88. The van der Waals surface area contributed by atoms with E-state index in [-0.39, 0.29) is 11.6 Å². The minimum absolute atomic E-state index is 0.230. The molecule has 38 heavy (non-hydrogen) atoms. The number of nitriles is 1. The van der Waals surface area contributed by atoms with Crippen LogP contribution in [0, 0.1) is 11.3 Å². The molecule has 0 bridgehead atoms. The summed E-state index contributed by atoms with van der Waals surface area (Å²) in [5.74, 6) is 0.760. The molecule has 1 aromatic carbocycles. The van der Waals surface area contributed by atoms with Crippen molar-refractivity contribution in [3.05, 3.63) is 29.0 Å². The molecule has 0 spiro atoms. The Bertz CT molecular complexity index is 1410. The van der Waals surface area contributed by atoms with Gasteiger partial charge >= 0.3 is 6.09 Å². The molecule has 1 saturated carbocycles. The van der Waals surface area contributed by atoms with Gasteiger partial charge in [0.2, 0.25) is 5.95 Å². The molecule has 2 saturated heterocycles. The number of benzene rings is 1. The van der Waals surface area contributed by atoms with Gasteiger partial charge in [-0.05, 0) is 25.0 Å². The largest absolute Gasteiger partial charge is 0.453 e. The number of nitrogens with zero attached hydrogens (tertiary/aromatic N) is 7. The zero-order valence-corrected chi connectivity index (χ0v) is 21.5. The first-order valence-corrected chi connectivity index (χ1v) is 12.8. The van der Waals surface area contributed by atoms with Crippen molar-refractivity contribution in [2.75, 3.05) is 67.4 Å². The number of hydrogen-bond donors (Lipinski definition) is 3. The van der Waals surface area contributed by atoms with Crippen molar-refractivity contribution in [1.82, 2.24) is 24.5 Å². The number of ether oxygens (including phenoxy) is 2. The second-order valence-electron chi connectivity index (χ2n) is 9.50. The Kier molecular flexibility index (Phi) is 6.52. The van der Waals surface area contributed by atoms with Crippen LogP contribution in [0.1, 0.15) is 18.5 Å². The van der Waals surface area contributed by atoms with Crippen molar-refractivity contribution in [3.63, 3.8) is 0 Å². The number of rotatable bonds is 7. The fraction of sp³-hybridized carbons (Fsp3) is 0.458. The van der Waals surface area contributed by atoms with Crippen LogP contribution in [0.25, 0.3) is 5.65 Å². The number of imidazole rings is 1. The van der Waals surface area contributed by atoms with Gasteiger partial charge in [-0.2, -0.15) is 14.8 Å². The number of hydrogen-bond acceptors (Lipinski definition) is 11. The average Bonchev–Trinajstić information content (AvgIpc) is 3.62. The Labute approximate surface area is 223 Å². The highest BCUT2D eigenvalue weighted by Crippen LogP contribution is 2.40. The summed E-state index contributed by atoms with van der Waals surface area (Å²) in [4.78, 5) is 25.5. The molecule has 0 atom stereocenters. The molecular formula is C24H27ClN10O3. The molecule has 2 aromatic heterocycles. The van der Waals surface area contributed by atoms with Crippen LogP contribution in [0.3, 0.4) is 0 Å². The van der Waals surface area contributed by atoms with E-state index in [0.29, 0.717) is 39.9 Å². The van der Waals surface area contributed by atoms with Gasteiger partial charge in [-0.1, -0.05) is 11.6 Å². The van der Waals surface area contributed by atoms with Crippen molar-refractivity contribution >= 4 is 52.2 Å². The zero-order chi connectivity index (χ0) is 26.2. The summed E-state index contributed by atoms with van der Waals surface area (Å²) in [7, 11) is 1.31. The third-order valence-corrected chi connectivity index (χ3v) is 7.29. The summed E-state index contributed by atoms with van der Waals surface area (Å²) in [6.45, 7) is 4.93. The number of fused-ring (bicyclic) bond motifs is 1. The van der Waals surface area contributed by atoms with Gasteiger partial charge in [0.1, 0.15) is 6.07 Å². The van der Waals surface area contributed by atoms with Crippen molar-refractivity contribution in [2.45, 2.75) is 24.9 Å². The molecule has 3 aliphatic rings. The van der Waals surface area contributed by atoms with Crippen molar-refractivity contribution < 1.29 is 14.3 Å². The lowest BCUT2D eigenvalue weighted by molar-refractivity contribution is 0.0105. The molecule has 3 aromatic rings. The number of aromatic nitrogens is 4. The fourth-order valence-electron chi connectivity index (χ4n) is 4.65. The standard InChI is InChI=1S/C24H27ClN10O3/c1-37-24(36)29-15-8-18(20(25)19(9-15)34-12-17(13-34)33-4-6-38-7-5-33)30-23-31-21(28-14-2-3-14)22-27-11-16(10-26)35(22)32-23/h8-9,11,14,17H,2-7,12-13H2,1H3,(H,29,36)(H2,28,30,31,32). The lowest BCUT2D eigenvalue weighted by Gasteiger charge is -2.48. The third-order valence-electron chi connectivity index (χ3n) is 6.89. The van der Waals surface area contributed by atoms with Gasteiger partial charge in [-0.15, -0.1) is 5.10 Å². The second kappa shape index (κ2) is 10.1. The van der Waals surface area contributed by atoms with E-state index in [4.69, 9.17) is 21.1 Å². The number of nitrogens with one attached hydrogen (secondary N) is 3. The molecule has 6 rings (SSSR count). The van der Waals surface area contributed by atoms with Crippen LogP contribution in [-0.4, -0.2) is 89.2 Å². The van der Waals surface area contributed by atoms with E-state index in [0.717, 1.165) is 57.9 Å². The fourth-order valence-corrected chi connectivity index (χ4v) is 4.92. The molecule has 198 valence electrons. The molecule has 1 amide bonds. The monoisotopic (exact) mass is 538 g/mol. The number of amides is 1. The Morgan fingerprint density at radius 3 is 2.76 bits per heavy atom. The van der Waals surface area contributed by atoms with Gasteiger partial charge in [0.15, 0.2) is 17.2 Å². The minimum Gasteiger partial charge on any atom is -0.453 e. The van der Waals surface area contributed by atoms with E-state index >= 15 is 0 Å². The highest BCUT2D eigenvalue weighted by Gasteiger charge is 2.34. The van der Waals surface area contributed by atoms with Crippen molar-refractivity contribution in [2.24, 2.45) is 0 Å². The van der Waals surface area contributed by atoms with Crippen LogP contribution in [0.15, 0.2) is 18.3 Å². The van der Waals surface area contributed by atoms with Crippen LogP contribution in [0.4, 0.5) is 33.6 Å². The predicted molar refractivity (Wildman–Crippen MR) is 141 cm³/mol. The number of carbonyl (C=O) groups is 1. The minimum atomic E-state index is -0.593. The van der Waals surface area contributed by atoms with Crippen LogP contribution in [0.2, 0.25) is 5.02 Å². The van der Waals surface area contributed by atoms with E-state index in [2.05, 4.69) is 46.9 Å². The first-order chi connectivity index (χ1) is 18.5.